The maximum Gasteiger partial charge on any atom is 0.361 e. The minimum absolute atomic E-state index is 0. The zero-order valence-corrected chi connectivity index (χ0v) is 19.2. The molecule has 6 heteroatoms. The molecule has 1 heterocycles. The van der Waals surface area contributed by atoms with Crippen molar-refractivity contribution >= 4 is 30.3 Å². The van der Waals surface area contributed by atoms with Crippen LogP contribution in [0.2, 0.25) is 0 Å². The normalized spacial score (nSPS) is 10.2. The van der Waals surface area contributed by atoms with Gasteiger partial charge in [0.2, 0.25) is 0 Å². The topological polar surface area (TPSA) is 11.3 Å². The van der Waals surface area contributed by atoms with Crippen LogP contribution in [0.15, 0.2) is 108 Å². The van der Waals surface area contributed by atoms with Gasteiger partial charge in [-0.05, 0) is 29.8 Å². The smallest absolute Gasteiger partial charge is 0.207 e. The quantitative estimate of drug-likeness (QED) is 0.259. The largest absolute Gasteiger partial charge is 0.361 e. The molecule has 0 N–H and O–H groups in total. The van der Waals surface area contributed by atoms with Crippen molar-refractivity contribution in [3.05, 3.63) is 103 Å². The van der Waals surface area contributed by atoms with E-state index in [1.54, 1.807) is 0 Å². The number of hydrogen-bond donors (Lipinski definition) is 0. The molecule has 0 saturated carbocycles. The molecule has 0 atom stereocenters. The van der Waals surface area contributed by atoms with Crippen LogP contribution in [0, 0.1) is 0 Å². The van der Waals surface area contributed by atoms with Crippen molar-refractivity contribution in [3.63, 3.8) is 0 Å². The van der Waals surface area contributed by atoms with Crippen molar-refractivity contribution in [1.29, 1.82) is 0 Å². The van der Waals surface area contributed by atoms with Crippen LogP contribution in [0.5, 0.6) is 0 Å². The predicted octanol–water partition coefficient (Wildman–Crippen LogP) is 5.63. The second-order valence-corrected chi connectivity index (χ2v) is 11.3. The molecule has 0 radical (unpaired) electrons. The summed E-state index contributed by atoms with van der Waals surface area (Å²) in [6.07, 6.45) is 0. The van der Waals surface area contributed by atoms with E-state index in [4.69, 9.17) is 34.7 Å². The van der Waals surface area contributed by atoms with E-state index in [1.807, 2.05) is 42.5 Å². The average molecular weight is 507 g/mol. The molecule has 0 aliphatic rings. The summed E-state index contributed by atoms with van der Waals surface area (Å²) in [5.41, 5.74) is 4.49. The van der Waals surface area contributed by atoms with Gasteiger partial charge in [-0.25, -0.2) is 4.42 Å². The van der Waals surface area contributed by atoms with Gasteiger partial charge < -0.3 is 12.4 Å². The van der Waals surface area contributed by atoms with Crippen LogP contribution >= 0.6 is 30.3 Å². The molecule has 0 aliphatic heterocycles. The molecule has 0 bridgehead atoms. The maximum absolute atomic E-state index is 6.21. The number of benzene rings is 3. The maximum atomic E-state index is 6.21. The third kappa shape index (κ3) is 7.35. The van der Waals surface area contributed by atoms with Gasteiger partial charge in [0.05, 0.1) is 23.3 Å². The molecule has 0 fully saturated rings. The van der Waals surface area contributed by atoms with Crippen LogP contribution in [0.25, 0.3) is 33.8 Å². The zero-order chi connectivity index (χ0) is 19.8. The monoisotopic (exact) mass is 505 g/mol. The van der Waals surface area contributed by atoms with Crippen LogP contribution in [0.4, 0.5) is 0 Å². The van der Waals surface area contributed by atoms with Crippen LogP contribution in [-0.2, 0) is 11.2 Å². The van der Waals surface area contributed by atoms with Crippen LogP contribution in [0.1, 0.15) is 0 Å². The molecule has 1 nitrogen and oxygen atoms in total. The molecule has 4 aromatic rings. The van der Waals surface area contributed by atoms with Crippen LogP contribution in [-0.4, -0.2) is 0 Å². The molecular formula is C23H17Cl4FeO. The third-order valence-electron chi connectivity index (χ3n) is 4.02. The van der Waals surface area contributed by atoms with Crippen molar-refractivity contribution in [3.8, 4) is 33.8 Å². The average Bonchev–Trinajstić information content (AvgIpc) is 2.75. The fourth-order valence-electron chi connectivity index (χ4n) is 2.79. The van der Waals surface area contributed by atoms with E-state index in [-0.39, 0.29) is 12.4 Å². The second kappa shape index (κ2) is 12.2. The molecule has 0 aliphatic carbocycles. The Labute approximate surface area is 194 Å². The standard InChI is InChI=1S/C23H17O.4ClH.Fe/c1-4-10-18(11-5-1)21-16-22(19-12-6-2-7-13-19)24-23(17-21)20-14-8-3-9-15-20;;;;;/h1-17H;4*1H;/q+1;;;;;+3/p-4. The first kappa shape index (κ1) is 23.8. The number of halogens is 4. The number of hydrogen-bond acceptors (Lipinski definition) is 0. The molecule has 3 aromatic carbocycles. The van der Waals surface area contributed by atoms with E-state index in [1.165, 1.54) is 5.56 Å². The molecule has 151 valence electrons. The Kier molecular flexibility index (Phi) is 10.0. The van der Waals surface area contributed by atoms with Crippen molar-refractivity contribution in [1.82, 2.24) is 0 Å². The van der Waals surface area contributed by atoms with Gasteiger partial charge in [0.15, 0.2) is 0 Å². The molecule has 29 heavy (non-hydrogen) atoms. The van der Waals surface area contributed by atoms with Gasteiger partial charge in [-0.15, -0.1) is 0 Å². The minimum Gasteiger partial charge on any atom is -0.207 e. The Morgan fingerprint density at radius 3 is 1.14 bits per heavy atom. The SMILES string of the molecule is [Cl-].[Cl][Fe]([Cl])[Cl].c1ccc(-c2cc(-c3ccccc3)[o+]c(-c3ccccc3)c2)cc1. The van der Waals surface area contributed by atoms with E-state index < -0.39 is 11.2 Å². The van der Waals surface area contributed by atoms with E-state index in [0.717, 1.165) is 28.2 Å². The van der Waals surface area contributed by atoms with Crippen molar-refractivity contribution in [2.75, 3.05) is 0 Å². The van der Waals surface area contributed by atoms with Gasteiger partial charge in [-0.2, -0.15) is 0 Å². The zero-order valence-electron chi connectivity index (χ0n) is 15.1. The fraction of sp³-hybridized carbons (Fsp3) is 0. The summed E-state index contributed by atoms with van der Waals surface area (Å²) in [5.74, 6) is 1.74. The predicted molar refractivity (Wildman–Crippen MR) is 117 cm³/mol. The van der Waals surface area contributed by atoms with Gasteiger partial charge in [0, 0.05) is 5.56 Å². The molecule has 1 aromatic heterocycles. The van der Waals surface area contributed by atoms with Gasteiger partial charge in [0.25, 0.3) is 0 Å². The summed E-state index contributed by atoms with van der Waals surface area (Å²) in [6, 6.07) is 35.1. The van der Waals surface area contributed by atoms with Gasteiger partial charge in [-0.1, -0.05) is 66.7 Å². The fourth-order valence-corrected chi connectivity index (χ4v) is 2.79. The van der Waals surface area contributed by atoms with E-state index >= 15 is 0 Å². The van der Waals surface area contributed by atoms with Crippen molar-refractivity contribution in [2.45, 2.75) is 0 Å². The van der Waals surface area contributed by atoms with E-state index in [9.17, 15) is 0 Å². The summed E-state index contributed by atoms with van der Waals surface area (Å²) < 4.78 is 6.21. The summed E-state index contributed by atoms with van der Waals surface area (Å²) in [7, 11) is 14.7. The summed E-state index contributed by atoms with van der Waals surface area (Å²) >= 11 is -1.33. The van der Waals surface area contributed by atoms with Gasteiger partial charge in [0.1, 0.15) is 0 Å². The van der Waals surface area contributed by atoms with Crippen LogP contribution < -0.4 is 12.4 Å². The Hall–Kier alpha value is -1.51. The summed E-state index contributed by atoms with van der Waals surface area (Å²) in [5, 5.41) is 0. The molecular weight excluding hydrogens is 490 g/mol. The van der Waals surface area contributed by atoms with Crippen LogP contribution in [0.3, 0.4) is 0 Å². The Balaban J connectivity index is 0.000000552. The second-order valence-electron chi connectivity index (χ2n) is 5.82. The first-order valence-corrected chi connectivity index (χ1v) is 13.0. The molecule has 0 amide bonds. The first-order valence-electron chi connectivity index (χ1n) is 8.45. The van der Waals surface area contributed by atoms with Crippen molar-refractivity contribution in [2.24, 2.45) is 0 Å². The molecule has 0 unspecified atom stereocenters. The minimum atomic E-state index is -1.33. The number of rotatable bonds is 3. The van der Waals surface area contributed by atoms with Gasteiger partial charge >= 0.3 is 53.0 Å². The Morgan fingerprint density at radius 2 is 0.793 bits per heavy atom. The van der Waals surface area contributed by atoms with Crippen molar-refractivity contribution < 1.29 is 28.0 Å². The summed E-state index contributed by atoms with van der Waals surface area (Å²) in [4.78, 5) is 0. The summed E-state index contributed by atoms with van der Waals surface area (Å²) in [6.45, 7) is 0. The molecule has 0 saturated heterocycles. The Morgan fingerprint density at radius 1 is 0.483 bits per heavy atom. The van der Waals surface area contributed by atoms with E-state index in [2.05, 4.69) is 60.7 Å². The Bertz CT molecular complexity index is 855. The molecule has 4 rings (SSSR count). The first-order chi connectivity index (χ1) is 13.6. The molecule has 0 spiro atoms. The van der Waals surface area contributed by atoms with Gasteiger partial charge in [-0.3, -0.25) is 0 Å². The third-order valence-corrected chi connectivity index (χ3v) is 4.02. The van der Waals surface area contributed by atoms with E-state index in [0.29, 0.717) is 0 Å².